The maximum absolute atomic E-state index is 11.9. The largest absolute Gasteiger partial charge is 0.497 e. The molecular formula is C15H14N2O4S. The second-order valence-electron chi connectivity index (χ2n) is 4.34. The number of hydrogen-bond donors (Lipinski definition) is 2. The second-order valence-corrected chi connectivity index (χ2v) is 5.42. The van der Waals surface area contributed by atoms with Gasteiger partial charge in [-0.25, -0.2) is 10.2 Å². The predicted octanol–water partition coefficient (Wildman–Crippen LogP) is 2.61. The summed E-state index contributed by atoms with van der Waals surface area (Å²) in [7, 11) is 1.55. The van der Waals surface area contributed by atoms with E-state index in [1.165, 1.54) is 6.07 Å². The van der Waals surface area contributed by atoms with E-state index in [0.717, 1.165) is 11.3 Å². The van der Waals surface area contributed by atoms with Crippen LogP contribution in [-0.2, 0) is 0 Å². The molecule has 0 aliphatic rings. The lowest BCUT2D eigenvalue weighted by Crippen LogP contribution is -2.19. The molecule has 22 heavy (non-hydrogen) atoms. The quantitative estimate of drug-likeness (QED) is 0.655. The Morgan fingerprint density at radius 1 is 1.14 bits per heavy atom. The summed E-state index contributed by atoms with van der Waals surface area (Å²) < 4.78 is 5.02. The van der Waals surface area contributed by atoms with Gasteiger partial charge in [-0.2, -0.15) is 5.10 Å². The lowest BCUT2D eigenvalue weighted by molar-refractivity contribution is 0.0702. The first-order valence-electron chi connectivity index (χ1n) is 6.33. The maximum atomic E-state index is 11.9. The van der Waals surface area contributed by atoms with Gasteiger partial charge in [0.05, 0.1) is 17.7 Å². The Hall–Kier alpha value is -2.67. The molecule has 1 aromatic heterocycles. The van der Waals surface area contributed by atoms with Crippen molar-refractivity contribution < 1.29 is 19.4 Å². The molecule has 0 spiro atoms. The summed E-state index contributed by atoms with van der Waals surface area (Å²) in [5, 5.41) is 12.9. The predicted molar refractivity (Wildman–Crippen MR) is 83.9 cm³/mol. The minimum Gasteiger partial charge on any atom is -0.497 e. The van der Waals surface area contributed by atoms with Crippen molar-refractivity contribution in [1.82, 2.24) is 5.43 Å². The zero-order valence-corrected chi connectivity index (χ0v) is 12.8. The number of ether oxygens (including phenoxy) is 1. The molecule has 1 heterocycles. The van der Waals surface area contributed by atoms with Crippen LogP contribution in [0.4, 0.5) is 0 Å². The Morgan fingerprint density at radius 3 is 2.32 bits per heavy atom. The van der Waals surface area contributed by atoms with Gasteiger partial charge in [-0.05, 0) is 43.3 Å². The highest BCUT2D eigenvalue weighted by Gasteiger charge is 2.09. The molecule has 0 atom stereocenters. The molecule has 0 saturated heterocycles. The molecule has 6 nitrogen and oxygen atoms in total. The summed E-state index contributed by atoms with van der Waals surface area (Å²) in [6.07, 6.45) is 0. The van der Waals surface area contributed by atoms with Gasteiger partial charge in [0.25, 0.3) is 5.91 Å². The number of carboxylic acids is 1. The van der Waals surface area contributed by atoms with Crippen molar-refractivity contribution in [2.75, 3.05) is 7.11 Å². The van der Waals surface area contributed by atoms with Crippen molar-refractivity contribution in [3.05, 3.63) is 51.7 Å². The Bertz CT molecular complexity index is 719. The van der Waals surface area contributed by atoms with Gasteiger partial charge in [0, 0.05) is 5.56 Å². The zero-order valence-electron chi connectivity index (χ0n) is 12.0. The first-order chi connectivity index (χ1) is 10.5. The minimum absolute atomic E-state index is 0.228. The van der Waals surface area contributed by atoms with Gasteiger partial charge in [-0.1, -0.05) is 0 Å². The number of nitrogens with one attached hydrogen (secondary N) is 1. The number of hydrogen-bond acceptors (Lipinski definition) is 5. The molecule has 7 heteroatoms. The van der Waals surface area contributed by atoms with Gasteiger partial charge < -0.3 is 9.84 Å². The average Bonchev–Trinajstić information content (AvgIpc) is 3.02. The second kappa shape index (κ2) is 6.86. The molecule has 2 N–H and O–H groups in total. The van der Waals surface area contributed by atoms with Gasteiger partial charge in [-0.15, -0.1) is 11.3 Å². The number of methoxy groups -OCH3 is 1. The summed E-state index contributed by atoms with van der Waals surface area (Å²) in [6, 6.07) is 9.80. The van der Waals surface area contributed by atoms with Gasteiger partial charge in [0.15, 0.2) is 0 Å². The Kier molecular flexibility index (Phi) is 4.90. The maximum Gasteiger partial charge on any atom is 0.345 e. The van der Waals surface area contributed by atoms with Crippen molar-refractivity contribution in [2.24, 2.45) is 5.10 Å². The lowest BCUT2D eigenvalue weighted by Gasteiger charge is -2.03. The summed E-state index contributed by atoms with van der Waals surface area (Å²) in [5.74, 6) is -0.667. The van der Waals surface area contributed by atoms with Crippen LogP contribution >= 0.6 is 11.3 Å². The van der Waals surface area contributed by atoms with Gasteiger partial charge in [0.1, 0.15) is 10.6 Å². The van der Waals surface area contributed by atoms with Crippen LogP contribution in [0.15, 0.2) is 41.5 Å². The van der Waals surface area contributed by atoms with Crippen LogP contribution in [-0.4, -0.2) is 29.8 Å². The molecule has 0 unspecified atom stereocenters. The standard InChI is InChI=1S/C15H14N2O4S/c1-9(12-7-8-13(22-12)15(19)20)16-17-14(18)10-3-5-11(21-2)6-4-10/h3-8H,1-2H3,(H,17,18)(H,19,20)/b16-9-. The van der Waals surface area contributed by atoms with Crippen LogP contribution in [0.5, 0.6) is 5.75 Å². The molecule has 0 radical (unpaired) electrons. The number of carboxylic acid groups (broad SMARTS) is 1. The van der Waals surface area contributed by atoms with E-state index in [1.54, 1.807) is 44.4 Å². The molecule has 2 rings (SSSR count). The average molecular weight is 318 g/mol. The summed E-state index contributed by atoms with van der Waals surface area (Å²) in [6.45, 7) is 1.70. The highest BCUT2D eigenvalue weighted by atomic mass is 32.1. The van der Waals surface area contributed by atoms with Crippen molar-refractivity contribution >= 4 is 28.9 Å². The van der Waals surface area contributed by atoms with E-state index in [2.05, 4.69) is 10.5 Å². The van der Waals surface area contributed by atoms with E-state index >= 15 is 0 Å². The molecular weight excluding hydrogens is 304 g/mol. The van der Waals surface area contributed by atoms with Gasteiger partial charge in [-0.3, -0.25) is 4.79 Å². The van der Waals surface area contributed by atoms with E-state index < -0.39 is 5.97 Å². The van der Waals surface area contributed by atoms with Crippen molar-refractivity contribution in [3.8, 4) is 5.75 Å². The first-order valence-corrected chi connectivity index (χ1v) is 7.15. The van der Waals surface area contributed by atoms with Crippen molar-refractivity contribution in [2.45, 2.75) is 6.92 Å². The SMILES string of the molecule is COc1ccc(C(=O)N/N=C(/C)c2ccc(C(=O)O)s2)cc1. The fraction of sp³-hybridized carbons (Fsp3) is 0.133. The molecule has 1 aromatic carbocycles. The number of amides is 1. The van der Waals surface area contributed by atoms with Crippen LogP contribution in [0.3, 0.4) is 0 Å². The summed E-state index contributed by atoms with van der Waals surface area (Å²) >= 11 is 1.10. The topological polar surface area (TPSA) is 88.0 Å². The van der Waals surface area contributed by atoms with E-state index in [0.29, 0.717) is 21.9 Å². The minimum atomic E-state index is -0.980. The summed E-state index contributed by atoms with van der Waals surface area (Å²) in [4.78, 5) is 23.7. The Morgan fingerprint density at radius 2 is 1.77 bits per heavy atom. The molecule has 0 aliphatic heterocycles. The number of aromatic carboxylic acids is 1. The van der Waals surface area contributed by atoms with Crippen LogP contribution in [0.25, 0.3) is 0 Å². The van der Waals surface area contributed by atoms with Gasteiger partial charge in [0.2, 0.25) is 0 Å². The van der Waals surface area contributed by atoms with E-state index in [4.69, 9.17) is 9.84 Å². The van der Waals surface area contributed by atoms with Crippen LogP contribution in [0.1, 0.15) is 31.8 Å². The fourth-order valence-electron chi connectivity index (χ4n) is 1.64. The van der Waals surface area contributed by atoms with Crippen LogP contribution < -0.4 is 10.2 Å². The number of nitrogens with zero attached hydrogens (tertiary/aromatic N) is 1. The molecule has 0 aliphatic carbocycles. The third kappa shape index (κ3) is 3.70. The highest BCUT2D eigenvalue weighted by molar-refractivity contribution is 7.15. The number of carbonyl (C=O) groups excluding carboxylic acids is 1. The monoisotopic (exact) mass is 318 g/mol. The van der Waals surface area contributed by atoms with Gasteiger partial charge >= 0.3 is 5.97 Å². The molecule has 1 amide bonds. The third-order valence-corrected chi connectivity index (χ3v) is 4.03. The Labute approximate surface area is 131 Å². The van der Waals surface area contributed by atoms with Crippen molar-refractivity contribution in [1.29, 1.82) is 0 Å². The number of carbonyl (C=O) groups is 2. The third-order valence-electron chi connectivity index (χ3n) is 2.85. The van der Waals surface area contributed by atoms with Crippen LogP contribution in [0, 0.1) is 0 Å². The van der Waals surface area contributed by atoms with Crippen LogP contribution in [0.2, 0.25) is 0 Å². The molecule has 0 fully saturated rings. The lowest BCUT2D eigenvalue weighted by atomic mass is 10.2. The highest BCUT2D eigenvalue weighted by Crippen LogP contribution is 2.17. The molecule has 0 saturated carbocycles. The number of hydrazone groups is 1. The Balaban J connectivity index is 2.05. The normalized spacial score (nSPS) is 11.1. The number of benzene rings is 1. The smallest absolute Gasteiger partial charge is 0.345 e. The number of rotatable bonds is 5. The fourth-order valence-corrected chi connectivity index (χ4v) is 2.43. The van der Waals surface area contributed by atoms with E-state index in [9.17, 15) is 9.59 Å². The molecule has 114 valence electrons. The van der Waals surface area contributed by atoms with Crippen molar-refractivity contribution in [3.63, 3.8) is 0 Å². The first kappa shape index (κ1) is 15.7. The van der Waals surface area contributed by atoms with E-state index in [1.807, 2.05) is 0 Å². The molecule has 0 bridgehead atoms. The summed E-state index contributed by atoms with van der Waals surface area (Å²) in [5.41, 5.74) is 3.44. The molecule has 2 aromatic rings. The van der Waals surface area contributed by atoms with E-state index in [-0.39, 0.29) is 10.8 Å². The zero-order chi connectivity index (χ0) is 16.1. The number of thiophene rings is 1.